The van der Waals surface area contributed by atoms with Gasteiger partial charge in [0.25, 0.3) is 5.91 Å². The van der Waals surface area contributed by atoms with Gasteiger partial charge in [0.2, 0.25) is 5.91 Å². The maximum atomic E-state index is 12.0. The molecule has 0 spiro atoms. The molecule has 1 aromatic rings. The van der Waals surface area contributed by atoms with E-state index in [-0.39, 0.29) is 17.7 Å². The van der Waals surface area contributed by atoms with Crippen molar-refractivity contribution < 1.29 is 9.59 Å². The first-order valence-electron chi connectivity index (χ1n) is 8.69. The molecule has 0 saturated heterocycles. The lowest BCUT2D eigenvalue weighted by molar-refractivity contribution is -0.123. The predicted octanol–water partition coefficient (Wildman–Crippen LogP) is 2.24. The summed E-state index contributed by atoms with van der Waals surface area (Å²) in [5.74, 6) is 0.352. The van der Waals surface area contributed by atoms with E-state index >= 15 is 0 Å². The monoisotopic (exact) mass is 333 g/mol. The molecule has 0 heterocycles. The van der Waals surface area contributed by atoms with Gasteiger partial charge in [0.1, 0.15) is 0 Å². The predicted molar refractivity (Wildman–Crippen MR) is 97.7 cm³/mol. The second-order valence-corrected chi connectivity index (χ2v) is 6.88. The average Bonchev–Trinajstić information content (AvgIpc) is 2.56. The molecule has 1 aromatic carbocycles. The number of amides is 2. The number of hydrogen-bond donors (Lipinski definition) is 3. The highest BCUT2D eigenvalue weighted by atomic mass is 16.2. The Balaban J connectivity index is 2.19. The minimum Gasteiger partial charge on any atom is -0.354 e. The standard InChI is InChI=1S/C19H31N3O2/c1-13(2)17(20)19(24)22-12-15(4)6-5-11-21-18(23)16-9-7-14(3)8-10-16/h7-10,13,15,17H,5-6,11-12,20H2,1-4H3,(H,21,23)(H,22,24)/t15-,17-/m0/s1. The quantitative estimate of drug-likeness (QED) is 0.606. The number of carbonyl (C=O) groups is 2. The second kappa shape index (κ2) is 10.1. The maximum absolute atomic E-state index is 12.0. The van der Waals surface area contributed by atoms with Crippen LogP contribution < -0.4 is 16.4 Å². The van der Waals surface area contributed by atoms with Crippen LogP contribution in [-0.4, -0.2) is 30.9 Å². The Labute approximate surface area is 145 Å². The lowest BCUT2D eigenvalue weighted by Gasteiger charge is -2.18. The molecule has 4 N–H and O–H groups in total. The van der Waals surface area contributed by atoms with E-state index in [1.807, 2.05) is 45.0 Å². The van der Waals surface area contributed by atoms with Crippen LogP contribution in [0.5, 0.6) is 0 Å². The Bertz CT molecular complexity index is 526. The molecular formula is C19H31N3O2. The van der Waals surface area contributed by atoms with Crippen LogP contribution in [0.1, 0.15) is 49.5 Å². The molecule has 0 fully saturated rings. The van der Waals surface area contributed by atoms with Crippen LogP contribution in [0.25, 0.3) is 0 Å². The maximum Gasteiger partial charge on any atom is 0.251 e. The second-order valence-electron chi connectivity index (χ2n) is 6.88. The molecule has 5 heteroatoms. The summed E-state index contributed by atoms with van der Waals surface area (Å²) in [5.41, 5.74) is 7.63. The number of carbonyl (C=O) groups excluding carboxylic acids is 2. The zero-order chi connectivity index (χ0) is 18.1. The number of hydrogen-bond acceptors (Lipinski definition) is 3. The zero-order valence-electron chi connectivity index (χ0n) is 15.3. The summed E-state index contributed by atoms with van der Waals surface area (Å²) < 4.78 is 0. The summed E-state index contributed by atoms with van der Waals surface area (Å²) in [6.07, 6.45) is 1.82. The number of rotatable bonds is 9. The van der Waals surface area contributed by atoms with E-state index < -0.39 is 6.04 Å². The van der Waals surface area contributed by atoms with Crippen molar-refractivity contribution in [1.82, 2.24) is 10.6 Å². The molecule has 0 aliphatic carbocycles. The molecule has 1 rings (SSSR count). The van der Waals surface area contributed by atoms with Gasteiger partial charge in [0, 0.05) is 18.7 Å². The third-order valence-electron chi connectivity index (χ3n) is 4.12. The first kappa shape index (κ1) is 20.2. The van der Waals surface area contributed by atoms with Crippen LogP contribution in [0.4, 0.5) is 0 Å². The summed E-state index contributed by atoms with van der Waals surface area (Å²) in [6.45, 7) is 9.20. The van der Waals surface area contributed by atoms with Gasteiger partial charge in [0.15, 0.2) is 0 Å². The first-order valence-corrected chi connectivity index (χ1v) is 8.69. The molecule has 0 aromatic heterocycles. The summed E-state index contributed by atoms with van der Waals surface area (Å²) >= 11 is 0. The number of nitrogens with two attached hydrogens (primary N) is 1. The molecule has 0 saturated carbocycles. The summed E-state index contributed by atoms with van der Waals surface area (Å²) in [6, 6.07) is 7.08. The fraction of sp³-hybridized carbons (Fsp3) is 0.579. The Morgan fingerprint density at radius 1 is 1.08 bits per heavy atom. The van der Waals surface area contributed by atoms with Gasteiger partial charge in [-0.1, -0.05) is 38.5 Å². The van der Waals surface area contributed by atoms with Crippen LogP contribution >= 0.6 is 0 Å². The van der Waals surface area contributed by atoms with Crippen molar-refractivity contribution in [2.24, 2.45) is 17.6 Å². The zero-order valence-corrected chi connectivity index (χ0v) is 15.3. The fourth-order valence-electron chi connectivity index (χ4n) is 2.26. The topological polar surface area (TPSA) is 84.2 Å². The van der Waals surface area contributed by atoms with Crippen LogP contribution in [0.3, 0.4) is 0 Å². The molecule has 24 heavy (non-hydrogen) atoms. The van der Waals surface area contributed by atoms with Crippen molar-refractivity contribution in [3.8, 4) is 0 Å². The molecule has 134 valence electrons. The van der Waals surface area contributed by atoms with Gasteiger partial charge < -0.3 is 16.4 Å². The van der Waals surface area contributed by atoms with E-state index in [1.165, 1.54) is 0 Å². The summed E-state index contributed by atoms with van der Waals surface area (Å²) in [4.78, 5) is 23.8. The molecule has 0 aliphatic rings. The van der Waals surface area contributed by atoms with Crippen LogP contribution in [0, 0.1) is 18.8 Å². The summed E-state index contributed by atoms with van der Waals surface area (Å²) in [5, 5.41) is 5.82. The molecular weight excluding hydrogens is 302 g/mol. The number of aryl methyl sites for hydroxylation is 1. The first-order chi connectivity index (χ1) is 11.3. The van der Waals surface area contributed by atoms with E-state index in [4.69, 9.17) is 5.73 Å². The third kappa shape index (κ3) is 7.13. The number of nitrogens with one attached hydrogen (secondary N) is 2. The third-order valence-corrected chi connectivity index (χ3v) is 4.12. The summed E-state index contributed by atoms with van der Waals surface area (Å²) in [7, 11) is 0. The highest BCUT2D eigenvalue weighted by molar-refractivity contribution is 5.94. The minimum atomic E-state index is -0.453. The lowest BCUT2D eigenvalue weighted by atomic mass is 10.0. The Hall–Kier alpha value is -1.88. The van der Waals surface area contributed by atoms with E-state index in [1.54, 1.807) is 0 Å². The molecule has 5 nitrogen and oxygen atoms in total. The highest BCUT2D eigenvalue weighted by Gasteiger charge is 2.17. The van der Waals surface area contributed by atoms with E-state index in [0.29, 0.717) is 24.6 Å². The number of benzene rings is 1. The van der Waals surface area contributed by atoms with Crippen LogP contribution in [0.2, 0.25) is 0 Å². The molecule has 2 atom stereocenters. The van der Waals surface area contributed by atoms with Crippen molar-refractivity contribution in [2.75, 3.05) is 13.1 Å². The van der Waals surface area contributed by atoms with Gasteiger partial charge >= 0.3 is 0 Å². The SMILES string of the molecule is Cc1ccc(C(=O)NCCC[C@H](C)CNC(=O)[C@@H](N)C(C)C)cc1. The Morgan fingerprint density at radius 2 is 1.71 bits per heavy atom. The molecule has 0 aliphatic heterocycles. The van der Waals surface area contributed by atoms with Gasteiger partial charge in [-0.2, -0.15) is 0 Å². The highest BCUT2D eigenvalue weighted by Crippen LogP contribution is 2.06. The minimum absolute atomic E-state index is 0.0427. The van der Waals surface area contributed by atoms with E-state index in [2.05, 4.69) is 17.6 Å². The van der Waals surface area contributed by atoms with Gasteiger partial charge in [-0.15, -0.1) is 0 Å². The van der Waals surface area contributed by atoms with Crippen molar-refractivity contribution in [1.29, 1.82) is 0 Å². The lowest BCUT2D eigenvalue weighted by Crippen LogP contribution is -2.45. The molecule has 2 amide bonds. The van der Waals surface area contributed by atoms with Gasteiger partial charge in [-0.05, 0) is 43.7 Å². The average molecular weight is 333 g/mol. The van der Waals surface area contributed by atoms with Gasteiger partial charge in [-0.3, -0.25) is 9.59 Å². The van der Waals surface area contributed by atoms with E-state index in [0.717, 1.165) is 18.4 Å². The van der Waals surface area contributed by atoms with E-state index in [9.17, 15) is 9.59 Å². The van der Waals surface area contributed by atoms with Crippen molar-refractivity contribution in [3.05, 3.63) is 35.4 Å². The van der Waals surface area contributed by atoms with Crippen molar-refractivity contribution in [2.45, 2.75) is 46.6 Å². The Morgan fingerprint density at radius 3 is 2.29 bits per heavy atom. The molecule has 0 bridgehead atoms. The normalized spacial score (nSPS) is 13.4. The largest absolute Gasteiger partial charge is 0.354 e. The molecule has 0 radical (unpaired) electrons. The van der Waals surface area contributed by atoms with Gasteiger partial charge in [-0.25, -0.2) is 0 Å². The van der Waals surface area contributed by atoms with Crippen LogP contribution in [0.15, 0.2) is 24.3 Å². The van der Waals surface area contributed by atoms with Crippen molar-refractivity contribution in [3.63, 3.8) is 0 Å². The van der Waals surface area contributed by atoms with Crippen molar-refractivity contribution >= 4 is 11.8 Å². The Kier molecular flexibility index (Phi) is 8.47. The van der Waals surface area contributed by atoms with Crippen LogP contribution in [-0.2, 0) is 4.79 Å². The van der Waals surface area contributed by atoms with Gasteiger partial charge in [0.05, 0.1) is 6.04 Å². The smallest absolute Gasteiger partial charge is 0.251 e. The fourth-order valence-corrected chi connectivity index (χ4v) is 2.26. The molecule has 0 unspecified atom stereocenters.